The van der Waals surface area contributed by atoms with Crippen LogP contribution < -0.4 is 5.73 Å². The average Bonchev–Trinajstić information content (AvgIpc) is 2.35. The highest BCUT2D eigenvalue weighted by atomic mass is 16.1. The summed E-state index contributed by atoms with van der Waals surface area (Å²) in [5.41, 5.74) is 5.47. The molecule has 2 N–H and O–H groups in total. The zero-order chi connectivity index (χ0) is 13.6. The number of hydrogen-bond acceptors (Lipinski definition) is 1. The molecule has 2 nitrogen and oxygen atoms in total. The summed E-state index contributed by atoms with van der Waals surface area (Å²) in [5, 5.41) is 0. The number of amides is 1. The number of nitrogens with two attached hydrogens (primary N) is 1. The van der Waals surface area contributed by atoms with Crippen LogP contribution in [0.2, 0.25) is 0 Å². The summed E-state index contributed by atoms with van der Waals surface area (Å²) in [7, 11) is 0. The quantitative estimate of drug-likeness (QED) is 0.472. The summed E-state index contributed by atoms with van der Waals surface area (Å²) in [6.07, 6.45) is 14.7. The second-order valence-electron chi connectivity index (χ2n) is 5.51. The largest absolute Gasteiger partial charge is 0.369 e. The second-order valence-corrected chi connectivity index (χ2v) is 5.51. The van der Waals surface area contributed by atoms with E-state index in [0.717, 1.165) is 19.3 Å². The van der Waals surface area contributed by atoms with E-state index in [0.29, 0.717) is 0 Å². The number of rotatable bonds is 13. The van der Waals surface area contributed by atoms with Crippen LogP contribution in [0.5, 0.6) is 0 Å². The molecule has 0 rings (SSSR count). The maximum Gasteiger partial charge on any atom is 0.220 e. The van der Waals surface area contributed by atoms with Gasteiger partial charge in [-0.05, 0) is 12.8 Å². The molecule has 1 unspecified atom stereocenters. The third-order valence-corrected chi connectivity index (χ3v) is 3.71. The summed E-state index contributed by atoms with van der Waals surface area (Å²) < 4.78 is 0. The maximum absolute atomic E-state index is 11.4. The Hall–Kier alpha value is -0.530. The Kier molecular flexibility index (Phi) is 12.5. The first-order chi connectivity index (χ1) is 8.72. The minimum Gasteiger partial charge on any atom is -0.369 e. The standard InChI is InChI=1S/C16H33NO/c1-3-5-7-9-10-12-14-15(16(17)18)13-11-8-6-4-2/h15H,3-14H2,1-2H3,(H2,17,18). The van der Waals surface area contributed by atoms with E-state index in [1.807, 2.05) is 0 Å². The van der Waals surface area contributed by atoms with Crippen molar-refractivity contribution >= 4 is 5.91 Å². The maximum atomic E-state index is 11.4. The highest BCUT2D eigenvalue weighted by Crippen LogP contribution is 2.18. The monoisotopic (exact) mass is 255 g/mol. The van der Waals surface area contributed by atoms with E-state index in [4.69, 9.17) is 5.73 Å². The molecule has 2 heteroatoms. The third kappa shape index (κ3) is 10.6. The van der Waals surface area contributed by atoms with Crippen LogP contribution in [0.15, 0.2) is 0 Å². The minimum atomic E-state index is -0.0833. The van der Waals surface area contributed by atoms with E-state index >= 15 is 0 Å². The van der Waals surface area contributed by atoms with Crippen LogP contribution in [0, 0.1) is 5.92 Å². The van der Waals surface area contributed by atoms with Crippen LogP contribution in [0.1, 0.15) is 90.9 Å². The smallest absolute Gasteiger partial charge is 0.220 e. The molecule has 0 fully saturated rings. The molecule has 1 amide bonds. The molecule has 0 saturated carbocycles. The van der Waals surface area contributed by atoms with E-state index in [1.54, 1.807) is 0 Å². The highest BCUT2D eigenvalue weighted by Gasteiger charge is 2.13. The van der Waals surface area contributed by atoms with Gasteiger partial charge >= 0.3 is 0 Å². The van der Waals surface area contributed by atoms with E-state index in [-0.39, 0.29) is 11.8 Å². The fraction of sp³-hybridized carbons (Fsp3) is 0.938. The number of carbonyl (C=O) groups excluding carboxylic acids is 1. The molecule has 108 valence electrons. The molecule has 0 bridgehead atoms. The summed E-state index contributed by atoms with van der Waals surface area (Å²) in [6, 6.07) is 0. The van der Waals surface area contributed by atoms with Crippen LogP contribution in [0.4, 0.5) is 0 Å². The summed E-state index contributed by atoms with van der Waals surface area (Å²) >= 11 is 0. The topological polar surface area (TPSA) is 43.1 Å². The Balaban J connectivity index is 3.54. The van der Waals surface area contributed by atoms with Gasteiger partial charge in [0, 0.05) is 5.92 Å². The lowest BCUT2D eigenvalue weighted by atomic mass is 9.94. The molecule has 0 radical (unpaired) electrons. The fourth-order valence-electron chi connectivity index (χ4n) is 2.42. The molecule has 0 spiro atoms. The van der Waals surface area contributed by atoms with Gasteiger partial charge in [-0.3, -0.25) is 4.79 Å². The van der Waals surface area contributed by atoms with Gasteiger partial charge in [0.2, 0.25) is 5.91 Å². The normalized spacial score (nSPS) is 12.6. The lowest BCUT2D eigenvalue weighted by Gasteiger charge is -2.12. The van der Waals surface area contributed by atoms with Gasteiger partial charge < -0.3 is 5.73 Å². The first kappa shape index (κ1) is 17.5. The molecule has 0 aliphatic heterocycles. The molecule has 18 heavy (non-hydrogen) atoms. The van der Waals surface area contributed by atoms with E-state index < -0.39 is 0 Å². The molecule has 0 aromatic carbocycles. The number of primary amides is 1. The first-order valence-electron chi connectivity index (χ1n) is 8.01. The minimum absolute atomic E-state index is 0.0833. The Morgan fingerprint density at radius 2 is 1.17 bits per heavy atom. The van der Waals surface area contributed by atoms with Crippen molar-refractivity contribution in [2.75, 3.05) is 0 Å². The molecular formula is C16H33NO. The van der Waals surface area contributed by atoms with Gasteiger partial charge in [0.25, 0.3) is 0 Å². The van der Waals surface area contributed by atoms with Crippen molar-refractivity contribution < 1.29 is 4.79 Å². The second kappa shape index (κ2) is 12.9. The molecular weight excluding hydrogens is 222 g/mol. The predicted molar refractivity (Wildman–Crippen MR) is 79.4 cm³/mol. The SMILES string of the molecule is CCCCCCCCC(CCCCCC)C(N)=O. The van der Waals surface area contributed by atoms with Crippen LogP contribution >= 0.6 is 0 Å². The molecule has 0 aliphatic carbocycles. The van der Waals surface area contributed by atoms with Gasteiger partial charge in [0.15, 0.2) is 0 Å². The van der Waals surface area contributed by atoms with Crippen molar-refractivity contribution in [3.8, 4) is 0 Å². The van der Waals surface area contributed by atoms with E-state index in [2.05, 4.69) is 13.8 Å². The van der Waals surface area contributed by atoms with Crippen molar-refractivity contribution in [1.29, 1.82) is 0 Å². The highest BCUT2D eigenvalue weighted by molar-refractivity contribution is 5.76. The molecule has 0 aliphatic rings. The lowest BCUT2D eigenvalue weighted by molar-refractivity contribution is -0.122. The van der Waals surface area contributed by atoms with Gasteiger partial charge in [-0.15, -0.1) is 0 Å². The molecule has 0 aromatic rings. The molecule has 0 saturated heterocycles. The Morgan fingerprint density at radius 3 is 1.61 bits per heavy atom. The van der Waals surface area contributed by atoms with Crippen LogP contribution in [0.3, 0.4) is 0 Å². The number of carbonyl (C=O) groups is 1. The van der Waals surface area contributed by atoms with Crippen molar-refractivity contribution in [3.63, 3.8) is 0 Å². The van der Waals surface area contributed by atoms with Gasteiger partial charge in [-0.25, -0.2) is 0 Å². The zero-order valence-corrected chi connectivity index (χ0v) is 12.5. The number of unbranched alkanes of at least 4 members (excludes halogenated alkanes) is 8. The summed E-state index contributed by atoms with van der Waals surface area (Å²) in [4.78, 5) is 11.4. The zero-order valence-electron chi connectivity index (χ0n) is 12.5. The van der Waals surface area contributed by atoms with Crippen LogP contribution in [-0.2, 0) is 4.79 Å². The predicted octanol–water partition coefficient (Wildman–Crippen LogP) is 4.81. The van der Waals surface area contributed by atoms with Gasteiger partial charge in [0.05, 0.1) is 0 Å². The van der Waals surface area contributed by atoms with E-state index in [9.17, 15) is 4.79 Å². The summed E-state index contributed by atoms with van der Waals surface area (Å²) in [5.74, 6) is 0.0492. The average molecular weight is 255 g/mol. The lowest BCUT2D eigenvalue weighted by Crippen LogP contribution is -2.23. The molecule has 1 atom stereocenters. The Bertz CT molecular complexity index is 192. The summed E-state index contributed by atoms with van der Waals surface area (Å²) in [6.45, 7) is 4.45. The third-order valence-electron chi connectivity index (χ3n) is 3.71. The van der Waals surface area contributed by atoms with Crippen LogP contribution in [0.25, 0.3) is 0 Å². The van der Waals surface area contributed by atoms with Crippen LogP contribution in [-0.4, -0.2) is 5.91 Å². The number of hydrogen-bond donors (Lipinski definition) is 1. The van der Waals surface area contributed by atoms with Crippen molar-refractivity contribution in [3.05, 3.63) is 0 Å². The molecule has 0 heterocycles. The van der Waals surface area contributed by atoms with Crippen molar-refractivity contribution in [2.45, 2.75) is 90.9 Å². The van der Waals surface area contributed by atoms with Crippen molar-refractivity contribution in [1.82, 2.24) is 0 Å². The van der Waals surface area contributed by atoms with Gasteiger partial charge in [0.1, 0.15) is 0 Å². The van der Waals surface area contributed by atoms with Gasteiger partial charge in [-0.1, -0.05) is 78.1 Å². The Labute approximate surface area is 114 Å². The Morgan fingerprint density at radius 1 is 0.778 bits per heavy atom. The van der Waals surface area contributed by atoms with E-state index in [1.165, 1.54) is 57.8 Å². The first-order valence-corrected chi connectivity index (χ1v) is 8.01. The van der Waals surface area contributed by atoms with Crippen molar-refractivity contribution in [2.24, 2.45) is 11.7 Å². The fourth-order valence-corrected chi connectivity index (χ4v) is 2.42. The van der Waals surface area contributed by atoms with Gasteiger partial charge in [-0.2, -0.15) is 0 Å². The molecule has 0 aromatic heterocycles.